The van der Waals surface area contributed by atoms with E-state index in [1.54, 1.807) is 13.2 Å². The highest BCUT2D eigenvalue weighted by atomic mass is 35.5. The number of hydrogen-bond acceptors (Lipinski definition) is 5. The van der Waals surface area contributed by atoms with E-state index in [2.05, 4.69) is 16.3 Å². The molecule has 2 rings (SSSR count). The number of likely N-dealkylation sites (tertiary alicyclic amines) is 1. The van der Waals surface area contributed by atoms with E-state index in [0.29, 0.717) is 24.4 Å². The van der Waals surface area contributed by atoms with Crippen molar-refractivity contribution in [3.05, 3.63) is 29.3 Å². The number of nitrogens with one attached hydrogen (secondary N) is 1. The average molecular weight is 353 g/mol. The Bertz CT molecular complexity index is 588. The first kappa shape index (κ1) is 20.2. The highest BCUT2D eigenvalue weighted by Crippen LogP contribution is 2.23. The molecule has 24 heavy (non-hydrogen) atoms. The van der Waals surface area contributed by atoms with Crippen LogP contribution < -0.4 is 15.8 Å². The van der Waals surface area contributed by atoms with E-state index in [-0.39, 0.29) is 24.2 Å². The molecule has 0 aromatic heterocycles. The second-order valence-electron chi connectivity index (χ2n) is 5.80. The predicted octanol–water partition coefficient (Wildman–Crippen LogP) is 1.28. The molecule has 1 amide bonds. The van der Waals surface area contributed by atoms with Crippen LogP contribution in [0.4, 0.5) is 0 Å². The number of halogens is 1. The van der Waals surface area contributed by atoms with Crippen LogP contribution >= 0.6 is 12.4 Å². The Morgan fingerprint density at radius 1 is 1.54 bits per heavy atom. The lowest BCUT2D eigenvalue weighted by atomic mass is 9.96. The Morgan fingerprint density at radius 3 is 3.00 bits per heavy atom. The SMILES string of the molecule is COc1cc(CN2CCCC(C(=O)NCCN)C2)ccc1C#N.Cl. The van der Waals surface area contributed by atoms with Gasteiger partial charge in [0.2, 0.25) is 5.91 Å². The lowest BCUT2D eigenvalue weighted by Gasteiger charge is -2.32. The molecule has 7 heteroatoms. The Kier molecular flexibility index (Phi) is 8.55. The summed E-state index contributed by atoms with van der Waals surface area (Å²) in [6, 6.07) is 7.74. The number of nitrogens with two attached hydrogens (primary N) is 1. The highest BCUT2D eigenvalue weighted by molar-refractivity contribution is 5.85. The molecule has 3 N–H and O–H groups in total. The largest absolute Gasteiger partial charge is 0.495 e. The van der Waals surface area contributed by atoms with Gasteiger partial charge in [-0.25, -0.2) is 0 Å². The fourth-order valence-electron chi connectivity index (χ4n) is 2.94. The van der Waals surface area contributed by atoms with E-state index in [1.807, 2.05) is 12.1 Å². The summed E-state index contributed by atoms with van der Waals surface area (Å²) in [5, 5.41) is 11.9. The number of carbonyl (C=O) groups is 1. The number of nitrogens with zero attached hydrogens (tertiary/aromatic N) is 2. The standard InChI is InChI=1S/C17H24N4O2.ClH/c1-23-16-9-13(4-5-14(16)10-19)11-21-8-2-3-15(12-21)17(22)20-7-6-18;/h4-5,9,15H,2-3,6-8,11-12,18H2,1H3,(H,20,22);1H. The number of carbonyl (C=O) groups excluding carboxylic acids is 1. The van der Waals surface area contributed by atoms with E-state index in [0.717, 1.165) is 38.0 Å². The summed E-state index contributed by atoms with van der Waals surface area (Å²) in [7, 11) is 1.57. The van der Waals surface area contributed by atoms with E-state index in [9.17, 15) is 4.79 Å². The molecular weight excluding hydrogens is 328 g/mol. The van der Waals surface area contributed by atoms with Gasteiger partial charge >= 0.3 is 0 Å². The maximum Gasteiger partial charge on any atom is 0.224 e. The number of benzene rings is 1. The zero-order valence-corrected chi connectivity index (χ0v) is 14.8. The van der Waals surface area contributed by atoms with Crippen LogP contribution in [-0.2, 0) is 11.3 Å². The Balaban J connectivity index is 0.00000288. The molecule has 6 nitrogen and oxygen atoms in total. The van der Waals surface area contributed by atoms with Crippen LogP contribution in [0, 0.1) is 17.2 Å². The predicted molar refractivity (Wildman–Crippen MR) is 95.0 cm³/mol. The van der Waals surface area contributed by atoms with Gasteiger partial charge in [0.05, 0.1) is 18.6 Å². The van der Waals surface area contributed by atoms with Crippen molar-refractivity contribution in [2.24, 2.45) is 11.7 Å². The van der Waals surface area contributed by atoms with Gasteiger partial charge < -0.3 is 15.8 Å². The molecule has 0 aliphatic carbocycles. The summed E-state index contributed by atoms with van der Waals surface area (Å²) in [5.74, 6) is 0.715. The minimum absolute atomic E-state index is 0. The molecule has 1 unspecified atom stereocenters. The van der Waals surface area contributed by atoms with Crippen molar-refractivity contribution in [3.8, 4) is 11.8 Å². The van der Waals surface area contributed by atoms with E-state index < -0.39 is 0 Å². The summed E-state index contributed by atoms with van der Waals surface area (Å²) < 4.78 is 5.25. The molecule has 1 aliphatic rings. The van der Waals surface area contributed by atoms with Crippen LogP contribution in [-0.4, -0.2) is 44.1 Å². The molecule has 1 heterocycles. The third kappa shape index (κ3) is 5.38. The topological polar surface area (TPSA) is 91.4 Å². The van der Waals surface area contributed by atoms with Crippen molar-refractivity contribution in [2.45, 2.75) is 19.4 Å². The van der Waals surface area contributed by atoms with Gasteiger partial charge in [-0.05, 0) is 37.1 Å². The Hall–Kier alpha value is -1.81. The van der Waals surface area contributed by atoms with Crippen LogP contribution in [0.2, 0.25) is 0 Å². The quantitative estimate of drug-likeness (QED) is 0.804. The van der Waals surface area contributed by atoms with Crippen molar-refractivity contribution < 1.29 is 9.53 Å². The number of hydrogen-bond donors (Lipinski definition) is 2. The van der Waals surface area contributed by atoms with E-state index >= 15 is 0 Å². The fraction of sp³-hybridized carbons (Fsp3) is 0.529. The van der Waals surface area contributed by atoms with Crippen LogP contribution in [0.1, 0.15) is 24.0 Å². The van der Waals surface area contributed by atoms with Gasteiger partial charge in [-0.2, -0.15) is 5.26 Å². The smallest absolute Gasteiger partial charge is 0.224 e. The molecule has 1 aromatic rings. The normalized spacial score (nSPS) is 17.5. The minimum Gasteiger partial charge on any atom is -0.495 e. The molecule has 1 aliphatic heterocycles. The molecule has 0 spiro atoms. The number of piperidine rings is 1. The van der Waals surface area contributed by atoms with Gasteiger partial charge in [0.25, 0.3) is 0 Å². The van der Waals surface area contributed by atoms with Crippen molar-refractivity contribution in [1.82, 2.24) is 10.2 Å². The molecule has 1 aromatic carbocycles. The zero-order valence-electron chi connectivity index (χ0n) is 14.0. The molecule has 0 radical (unpaired) electrons. The van der Waals surface area contributed by atoms with E-state index in [4.69, 9.17) is 15.7 Å². The van der Waals surface area contributed by atoms with Crippen LogP contribution in [0.3, 0.4) is 0 Å². The van der Waals surface area contributed by atoms with Gasteiger partial charge in [-0.1, -0.05) is 6.07 Å². The van der Waals surface area contributed by atoms with Crippen molar-refractivity contribution >= 4 is 18.3 Å². The lowest BCUT2D eigenvalue weighted by molar-refractivity contribution is -0.126. The number of ether oxygens (including phenoxy) is 1. The highest BCUT2D eigenvalue weighted by Gasteiger charge is 2.25. The van der Waals surface area contributed by atoms with Gasteiger partial charge in [0, 0.05) is 26.2 Å². The van der Waals surface area contributed by atoms with Crippen LogP contribution in [0.5, 0.6) is 5.75 Å². The van der Waals surface area contributed by atoms with Gasteiger partial charge in [0.15, 0.2) is 0 Å². The molecule has 1 fully saturated rings. The summed E-state index contributed by atoms with van der Waals surface area (Å²) in [5.41, 5.74) is 7.05. The first-order valence-electron chi connectivity index (χ1n) is 7.95. The maximum absolute atomic E-state index is 12.1. The van der Waals surface area contributed by atoms with Crippen LogP contribution in [0.15, 0.2) is 18.2 Å². The fourth-order valence-corrected chi connectivity index (χ4v) is 2.94. The van der Waals surface area contributed by atoms with Crippen molar-refractivity contribution in [3.63, 3.8) is 0 Å². The first-order chi connectivity index (χ1) is 11.2. The number of methoxy groups -OCH3 is 1. The summed E-state index contributed by atoms with van der Waals surface area (Å²) in [6.45, 7) is 3.47. The van der Waals surface area contributed by atoms with Gasteiger partial charge in [-0.3, -0.25) is 9.69 Å². The molecule has 0 bridgehead atoms. The minimum atomic E-state index is 0. The Labute approximate surface area is 149 Å². The average Bonchev–Trinajstić information content (AvgIpc) is 2.59. The molecule has 1 atom stereocenters. The number of amides is 1. The summed E-state index contributed by atoms with van der Waals surface area (Å²) >= 11 is 0. The van der Waals surface area contributed by atoms with Crippen LogP contribution in [0.25, 0.3) is 0 Å². The first-order valence-corrected chi connectivity index (χ1v) is 7.95. The Morgan fingerprint density at radius 2 is 2.33 bits per heavy atom. The van der Waals surface area contributed by atoms with E-state index in [1.165, 1.54) is 0 Å². The van der Waals surface area contributed by atoms with Crippen molar-refractivity contribution in [2.75, 3.05) is 33.3 Å². The van der Waals surface area contributed by atoms with Gasteiger partial charge in [0.1, 0.15) is 11.8 Å². The summed E-state index contributed by atoms with van der Waals surface area (Å²) in [4.78, 5) is 14.4. The number of rotatable bonds is 6. The zero-order chi connectivity index (χ0) is 16.7. The third-order valence-electron chi connectivity index (χ3n) is 4.11. The maximum atomic E-state index is 12.1. The van der Waals surface area contributed by atoms with Crippen molar-refractivity contribution in [1.29, 1.82) is 5.26 Å². The number of nitriles is 1. The second-order valence-corrected chi connectivity index (χ2v) is 5.80. The molecule has 132 valence electrons. The molecule has 1 saturated heterocycles. The molecule has 0 saturated carbocycles. The molecular formula is C17H25ClN4O2. The lowest BCUT2D eigenvalue weighted by Crippen LogP contribution is -2.43. The summed E-state index contributed by atoms with van der Waals surface area (Å²) in [6.07, 6.45) is 1.93. The van der Waals surface area contributed by atoms with Gasteiger partial charge in [-0.15, -0.1) is 12.4 Å². The third-order valence-corrected chi connectivity index (χ3v) is 4.11. The monoisotopic (exact) mass is 352 g/mol. The second kappa shape index (κ2) is 10.1.